The van der Waals surface area contributed by atoms with Gasteiger partial charge in [0.1, 0.15) is 5.75 Å². The van der Waals surface area contributed by atoms with Crippen molar-refractivity contribution in [3.05, 3.63) is 29.8 Å². The number of hydrogen-bond acceptors (Lipinski definition) is 3. The summed E-state index contributed by atoms with van der Waals surface area (Å²) in [5, 5.41) is 2.71. The second-order valence-corrected chi connectivity index (χ2v) is 4.79. The number of para-hydroxylation sites is 1. The van der Waals surface area contributed by atoms with Crippen molar-refractivity contribution in [3.63, 3.8) is 0 Å². The molecule has 0 saturated heterocycles. The maximum atomic E-state index is 12.3. The van der Waals surface area contributed by atoms with Gasteiger partial charge in [-0.25, -0.2) is 0 Å². The van der Waals surface area contributed by atoms with Crippen LogP contribution >= 0.6 is 0 Å². The summed E-state index contributed by atoms with van der Waals surface area (Å²) in [6.07, 6.45) is 0.602. The molecule has 0 fully saturated rings. The van der Waals surface area contributed by atoms with Crippen molar-refractivity contribution in [2.24, 2.45) is 11.1 Å². The van der Waals surface area contributed by atoms with E-state index in [1.807, 2.05) is 6.92 Å². The molecular weight excluding hydrogens is 266 g/mol. The van der Waals surface area contributed by atoms with Gasteiger partial charge in [-0.15, -0.1) is 0 Å². The molecule has 1 unspecified atom stereocenters. The standard InChI is InChI=1S/C14H20F2N2O2/c1-3-14(2,9-17)12(19)18-8-10-6-4-5-7-11(10)20-13(15)16/h4-7,13H,3,8-9,17H2,1-2H3,(H,18,19). The van der Waals surface area contributed by atoms with E-state index in [0.717, 1.165) is 0 Å². The van der Waals surface area contributed by atoms with Crippen LogP contribution in [0.1, 0.15) is 25.8 Å². The molecule has 0 spiro atoms. The van der Waals surface area contributed by atoms with E-state index in [-0.39, 0.29) is 24.7 Å². The molecule has 0 bridgehead atoms. The van der Waals surface area contributed by atoms with Crippen molar-refractivity contribution in [3.8, 4) is 5.75 Å². The first-order chi connectivity index (χ1) is 9.42. The molecule has 1 aromatic rings. The molecule has 0 heterocycles. The highest BCUT2D eigenvalue weighted by Crippen LogP contribution is 2.22. The van der Waals surface area contributed by atoms with E-state index in [4.69, 9.17) is 5.73 Å². The maximum Gasteiger partial charge on any atom is 0.387 e. The van der Waals surface area contributed by atoms with Crippen LogP contribution in [-0.4, -0.2) is 19.1 Å². The molecule has 1 rings (SSSR count). The molecule has 0 aliphatic heterocycles. The lowest BCUT2D eigenvalue weighted by atomic mass is 9.86. The quantitative estimate of drug-likeness (QED) is 0.808. The number of nitrogens with two attached hydrogens (primary N) is 1. The first-order valence-electron chi connectivity index (χ1n) is 6.44. The molecule has 0 aliphatic rings. The Morgan fingerprint density at radius 3 is 2.65 bits per heavy atom. The van der Waals surface area contributed by atoms with Crippen LogP contribution in [0.3, 0.4) is 0 Å². The molecule has 0 saturated carbocycles. The van der Waals surface area contributed by atoms with Crippen molar-refractivity contribution in [1.29, 1.82) is 0 Å². The first kappa shape index (κ1) is 16.4. The summed E-state index contributed by atoms with van der Waals surface area (Å²) < 4.78 is 28.9. The lowest BCUT2D eigenvalue weighted by molar-refractivity contribution is -0.130. The van der Waals surface area contributed by atoms with Crippen LogP contribution in [-0.2, 0) is 11.3 Å². The van der Waals surface area contributed by atoms with Gasteiger partial charge in [0.05, 0.1) is 5.41 Å². The number of rotatable bonds is 7. The van der Waals surface area contributed by atoms with Crippen LogP contribution in [0, 0.1) is 5.41 Å². The van der Waals surface area contributed by atoms with E-state index in [1.165, 1.54) is 6.07 Å². The molecule has 3 N–H and O–H groups in total. The van der Waals surface area contributed by atoms with Gasteiger partial charge in [0.2, 0.25) is 5.91 Å². The van der Waals surface area contributed by atoms with Crippen molar-refractivity contribution in [2.45, 2.75) is 33.4 Å². The van der Waals surface area contributed by atoms with Gasteiger partial charge in [-0.2, -0.15) is 8.78 Å². The molecule has 4 nitrogen and oxygen atoms in total. The Kier molecular flexibility index (Phi) is 5.88. The molecule has 0 aromatic heterocycles. The van der Waals surface area contributed by atoms with Gasteiger partial charge in [-0.1, -0.05) is 25.1 Å². The molecule has 1 amide bonds. The van der Waals surface area contributed by atoms with Gasteiger partial charge >= 0.3 is 6.61 Å². The molecule has 112 valence electrons. The van der Waals surface area contributed by atoms with Crippen molar-refractivity contribution >= 4 is 5.91 Å². The normalized spacial score (nSPS) is 13.9. The monoisotopic (exact) mass is 286 g/mol. The van der Waals surface area contributed by atoms with Crippen LogP contribution < -0.4 is 15.8 Å². The van der Waals surface area contributed by atoms with Crippen molar-refractivity contribution in [1.82, 2.24) is 5.32 Å². The highest BCUT2D eigenvalue weighted by atomic mass is 19.3. The molecule has 1 atom stereocenters. The number of carbonyl (C=O) groups is 1. The Bertz CT molecular complexity index is 449. The second kappa shape index (κ2) is 7.19. The zero-order valence-corrected chi connectivity index (χ0v) is 11.7. The van der Waals surface area contributed by atoms with Crippen LogP contribution in [0.2, 0.25) is 0 Å². The van der Waals surface area contributed by atoms with Crippen molar-refractivity contribution < 1.29 is 18.3 Å². The van der Waals surface area contributed by atoms with Gasteiger partial charge in [-0.3, -0.25) is 4.79 Å². The average molecular weight is 286 g/mol. The third-order valence-corrected chi connectivity index (χ3v) is 3.41. The van der Waals surface area contributed by atoms with E-state index < -0.39 is 12.0 Å². The number of halogens is 2. The van der Waals surface area contributed by atoms with Crippen LogP contribution in [0.5, 0.6) is 5.75 Å². The highest BCUT2D eigenvalue weighted by molar-refractivity contribution is 5.82. The molecule has 0 radical (unpaired) electrons. The molecule has 20 heavy (non-hydrogen) atoms. The Morgan fingerprint density at radius 2 is 2.10 bits per heavy atom. The summed E-state index contributed by atoms with van der Waals surface area (Å²) >= 11 is 0. The summed E-state index contributed by atoms with van der Waals surface area (Å²) in [6, 6.07) is 6.36. The number of amides is 1. The fourth-order valence-corrected chi connectivity index (χ4v) is 1.65. The third-order valence-electron chi connectivity index (χ3n) is 3.41. The van der Waals surface area contributed by atoms with E-state index in [1.54, 1.807) is 25.1 Å². The SMILES string of the molecule is CCC(C)(CN)C(=O)NCc1ccccc1OC(F)F. The van der Waals surface area contributed by atoms with Gasteiger partial charge in [0.15, 0.2) is 0 Å². The summed E-state index contributed by atoms with van der Waals surface area (Å²) in [4.78, 5) is 12.1. The fraction of sp³-hybridized carbons (Fsp3) is 0.500. The minimum absolute atomic E-state index is 0.0637. The Hall–Kier alpha value is -1.69. The summed E-state index contributed by atoms with van der Waals surface area (Å²) in [5.41, 5.74) is 5.44. The number of benzene rings is 1. The first-order valence-corrected chi connectivity index (χ1v) is 6.44. The lowest BCUT2D eigenvalue weighted by Gasteiger charge is -2.25. The number of carbonyl (C=O) groups excluding carboxylic acids is 1. The smallest absolute Gasteiger partial charge is 0.387 e. The molecule has 0 aliphatic carbocycles. The molecule has 6 heteroatoms. The largest absolute Gasteiger partial charge is 0.434 e. The van der Waals surface area contributed by atoms with Crippen LogP contribution in [0.25, 0.3) is 0 Å². The van der Waals surface area contributed by atoms with Crippen LogP contribution in [0.4, 0.5) is 8.78 Å². The minimum Gasteiger partial charge on any atom is -0.434 e. The Morgan fingerprint density at radius 1 is 1.45 bits per heavy atom. The van der Waals surface area contributed by atoms with Crippen LogP contribution in [0.15, 0.2) is 24.3 Å². The van der Waals surface area contributed by atoms with Gasteiger partial charge < -0.3 is 15.8 Å². The van der Waals surface area contributed by atoms with Crippen molar-refractivity contribution in [2.75, 3.05) is 6.54 Å². The van der Waals surface area contributed by atoms with E-state index in [0.29, 0.717) is 12.0 Å². The summed E-state index contributed by atoms with van der Waals surface area (Å²) in [6.45, 7) is 1.10. The lowest BCUT2D eigenvalue weighted by Crippen LogP contribution is -2.43. The van der Waals surface area contributed by atoms with E-state index in [9.17, 15) is 13.6 Å². The predicted octanol–water partition coefficient (Wildman–Crippen LogP) is 2.28. The van der Waals surface area contributed by atoms with Gasteiger partial charge in [0.25, 0.3) is 0 Å². The van der Waals surface area contributed by atoms with Gasteiger partial charge in [0, 0.05) is 18.7 Å². The topological polar surface area (TPSA) is 64.4 Å². The Balaban J connectivity index is 2.73. The molecular formula is C14H20F2N2O2. The predicted molar refractivity (Wildman–Crippen MR) is 72.4 cm³/mol. The number of hydrogen-bond donors (Lipinski definition) is 2. The maximum absolute atomic E-state index is 12.3. The summed E-state index contributed by atoms with van der Waals surface area (Å²) in [5.74, 6) is -0.136. The van der Waals surface area contributed by atoms with E-state index in [2.05, 4.69) is 10.1 Å². The van der Waals surface area contributed by atoms with E-state index >= 15 is 0 Å². The zero-order valence-electron chi connectivity index (χ0n) is 11.7. The number of alkyl halides is 2. The Labute approximate surface area is 117 Å². The molecule has 1 aromatic carbocycles. The number of ether oxygens (including phenoxy) is 1. The summed E-state index contributed by atoms with van der Waals surface area (Å²) in [7, 11) is 0. The second-order valence-electron chi connectivity index (χ2n) is 4.79. The minimum atomic E-state index is -2.89. The highest BCUT2D eigenvalue weighted by Gasteiger charge is 2.29. The average Bonchev–Trinajstić information content (AvgIpc) is 2.44. The third kappa shape index (κ3) is 4.16. The zero-order chi connectivity index (χ0) is 15.2. The van der Waals surface area contributed by atoms with Gasteiger partial charge in [-0.05, 0) is 19.4 Å². The number of nitrogens with one attached hydrogen (secondary N) is 1. The fourth-order valence-electron chi connectivity index (χ4n) is 1.65.